The zero-order chi connectivity index (χ0) is 19.2. The van der Waals surface area contributed by atoms with Gasteiger partial charge in [0, 0.05) is 23.8 Å². The zero-order valence-electron chi connectivity index (χ0n) is 16.0. The summed E-state index contributed by atoms with van der Waals surface area (Å²) in [6.45, 7) is 6.01. The van der Waals surface area contributed by atoms with E-state index in [-0.39, 0.29) is 17.7 Å². The second-order valence-corrected chi connectivity index (χ2v) is 7.79. The summed E-state index contributed by atoms with van der Waals surface area (Å²) in [7, 11) is 0. The van der Waals surface area contributed by atoms with Crippen molar-refractivity contribution in [3.8, 4) is 5.82 Å². The van der Waals surface area contributed by atoms with E-state index < -0.39 is 5.54 Å². The van der Waals surface area contributed by atoms with Gasteiger partial charge in [0.15, 0.2) is 5.82 Å². The van der Waals surface area contributed by atoms with E-state index in [1.807, 2.05) is 24.5 Å². The first-order valence-electron chi connectivity index (χ1n) is 9.53. The number of hydrazine groups is 1. The number of nitrogens with zero attached hydrogens (tertiary/aromatic N) is 4. The van der Waals surface area contributed by atoms with Gasteiger partial charge in [-0.3, -0.25) is 20.0 Å². The predicted molar refractivity (Wildman–Crippen MR) is 100 cm³/mol. The Hall–Kier alpha value is -2.70. The summed E-state index contributed by atoms with van der Waals surface area (Å²) in [5, 5.41) is 1.63. The minimum Gasteiger partial charge on any atom is -0.301 e. The van der Waals surface area contributed by atoms with Gasteiger partial charge in [0.2, 0.25) is 5.91 Å². The smallest absolute Gasteiger partial charge is 0.274 e. The number of nitrogens with one attached hydrogen (secondary N) is 1. The van der Waals surface area contributed by atoms with Crippen LogP contribution >= 0.6 is 0 Å². The minimum absolute atomic E-state index is 0.0696. The van der Waals surface area contributed by atoms with Crippen molar-refractivity contribution in [2.75, 3.05) is 0 Å². The molecule has 142 valence electrons. The standard InChI is InChI=1S/C20H25N5O2/c1-13-6-4-5-7-20(13)11-18(26)23-25(20)19(27)16-10-14(2)24(15(16)3)17-12-21-8-9-22-17/h8-10,12-13H,4-7,11H2,1-3H3,(H,23,26). The van der Waals surface area contributed by atoms with Crippen LogP contribution in [-0.2, 0) is 4.79 Å². The number of aromatic nitrogens is 3. The summed E-state index contributed by atoms with van der Waals surface area (Å²) < 4.78 is 1.93. The molecule has 0 radical (unpaired) electrons. The van der Waals surface area contributed by atoms with Crippen LogP contribution in [0.3, 0.4) is 0 Å². The number of carbonyl (C=O) groups excluding carboxylic acids is 2. The summed E-state index contributed by atoms with van der Waals surface area (Å²) >= 11 is 0. The maximum absolute atomic E-state index is 13.5. The fraction of sp³-hybridized carbons (Fsp3) is 0.500. The molecule has 1 N–H and O–H groups in total. The zero-order valence-corrected chi connectivity index (χ0v) is 16.0. The van der Waals surface area contributed by atoms with Gasteiger partial charge in [-0.25, -0.2) is 9.99 Å². The number of hydrogen-bond acceptors (Lipinski definition) is 4. The van der Waals surface area contributed by atoms with Crippen molar-refractivity contribution in [3.63, 3.8) is 0 Å². The first-order chi connectivity index (χ1) is 12.9. The van der Waals surface area contributed by atoms with Crippen molar-refractivity contribution in [1.82, 2.24) is 25.0 Å². The van der Waals surface area contributed by atoms with Crippen LogP contribution in [-0.4, -0.2) is 36.9 Å². The van der Waals surface area contributed by atoms with E-state index in [9.17, 15) is 9.59 Å². The van der Waals surface area contributed by atoms with Crippen molar-refractivity contribution in [3.05, 3.63) is 41.6 Å². The Morgan fingerprint density at radius 2 is 2.11 bits per heavy atom. The highest BCUT2D eigenvalue weighted by Crippen LogP contribution is 2.43. The highest BCUT2D eigenvalue weighted by molar-refractivity contribution is 5.99. The number of hydrogen-bond donors (Lipinski definition) is 1. The molecule has 3 heterocycles. The van der Waals surface area contributed by atoms with E-state index >= 15 is 0 Å². The molecular formula is C20H25N5O2. The van der Waals surface area contributed by atoms with Gasteiger partial charge in [0.1, 0.15) is 0 Å². The molecule has 7 heteroatoms. The molecule has 2 fully saturated rings. The van der Waals surface area contributed by atoms with Gasteiger partial charge in [-0.1, -0.05) is 19.8 Å². The fourth-order valence-electron chi connectivity index (χ4n) is 4.74. The lowest BCUT2D eigenvalue weighted by Gasteiger charge is -2.44. The van der Waals surface area contributed by atoms with Gasteiger partial charge in [-0.05, 0) is 38.7 Å². The summed E-state index contributed by atoms with van der Waals surface area (Å²) in [5.74, 6) is 0.757. The normalized spacial score (nSPS) is 25.1. The summed E-state index contributed by atoms with van der Waals surface area (Å²) in [5.41, 5.74) is 4.74. The van der Waals surface area contributed by atoms with Crippen LogP contribution in [0.15, 0.2) is 24.7 Å². The topological polar surface area (TPSA) is 80.1 Å². The Bertz CT molecular complexity index is 891. The third kappa shape index (κ3) is 2.72. The van der Waals surface area contributed by atoms with Crippen LogP contribution < -0.4 is 5.43 Å². The van der Waals surface area contributed by atoms with Crippen LogP contribution in [0.25, 0.3) is 5.82 Å². The fourth-order valence-corrected chi connectivity index (χ4v) is 4.74. The summed E-state index contributed by atoms with van der Waals surface area (Å²) in [4.78, 5) is 34.2. The van der Waals surface area contributed by atoms with Crippen molar-refractivity contribution in [1.29, 1.82) is 0 Å². The SMILES string of the molecule is Cc1cc(C(=O)N2NC(=O)CC23CCCCC3C)c(C)n1-c1cnccn1. The molecule has 2 atom stereocenters. The lowest BCUT2D eigenvalue weighted by Crippen LogP contribution is -2.56. The quantitative estimate of drug-likeness (QED) is 0.885. The van der Waals surface area contributed by atoms with Gasteiger partial charge < -0.3 is 4.57 Å². The van der Waals surface area contributed by atoms with E-state index in [1.54, 1.807) is 23.6 Å². The Balaban J connectivity index is 1.74. The lowest BCUT2D eigenvalue weighted by molar-refractivity contribution is -0.120. The Morgan fingerprint density at radius 3 is 2.81 bits per heavy atom. The molecule has 2 aromatic rings. The molecule has 1 spiro atoms. The molecule has 27 heavy (non-hydrogen) atoms. The molecule has 1 aliphatic heterocycles. The molecule has 1 saturated carbocycles. The second kappa shape index (κ2) is 6.48. The van der Waals surface area contributed by atoms with Crippen LogP contribution in [0.1, 0.15) is 60.8 Å². The second-order valence-electron chi connectivity index (χ2n) is 7.79. The lowest BCUT2D eigenvalue weighted by atomic mass is 9.72. The van der Waals surface area contributed by atoms with Crippen LogP contribution in [0.4, 0.5) is 0 Å². The van der Waals surface area contributed by atoms with E-state index in [0.29, 0.717) is 17.8 Å². The summed E-state index contributed by atoms with van der Waals surface area (Å²) in [6, 6.07) is 1.87. The molecule has 1 saturated heterocycles. The van der Waals surface area contributed by atoms with Gasteiger partial charge in [-0.15, -0.1) is 0 Å². The van der Waals surface area contributed by atoms with Gasteiger partial charge in [0.05, 0.1) is 23.7 Å². The Kier molecular flexibility index (Phi) is 4.25. The van der Waals surface area contributed by atoms with Crippen molar-refractivity contribution < 1.29 is 9.59 Å². The average Bonchev–Trinajstić information content (AvgIpc) is 3.15. The van der Waals surface area contributed by atoms with Gasteiger partial charge >= 0.3 is 0 Å². The molecule has 4 rings (SSSR count). The van der Waals surface area contributed by atoms with Gasteiger partial charge in [0.25, 0.3) is 5.91 Å². The number of amides is 2. The molecule has 7 nitrogen and oxygen atoms in total. The molecule has 1 aliphatic carbocycles. The maximum Gasteiger partial charge on any atom is 0.274 e. The average molecular weight is 367 g/mol. The minimum atomic E-state index is -0.415. The highest BCUT2D eigenvalue weighted by atomic mass is 16.2. The van der Waals surface area contributed by atoms with Crippen LogP contribution in [0.2, 0.25) is 0 Å². The van der Waals surface area contributed by atoms with Crippen molar-refractivity contribution in [2.24, 2.45) is 5.92 Å². The van der Waals surface area contributed by atoms with Crippen LogP contribution in [0, 0.1) is 19.8 Å². The molecular weight excluding hydrogens is 342 g/mol. The molecule has 2 unspecified atom stereocenters. The largest absolute Gasteiger partial charge is 0.301 e. The monoisotopic (exact) mass is 367 g/mol. The first kappa shape index (κ1) is 17.7. The highest BCUT2D eigenvalue weighted by Gasteiger charge is 2.52. The molecule has 2 aliphatic rings. The Labute approximate surface area is 158 Å². The van der Waals surface area contributed by atoms with Gasteiger partial charge in [-0.2, -0.15) is 0 Å². The number of aryl methyl sites for hydroxylation is 1. The van der Waals surface area contributed by atoms with E-state index in [2.05, 4.69) is 22.3 Å². The van der Waals surface area contributed by atoms with E-state index in [0.717, 1.165) is 37.1 Å². The number of carbonyl (C=O) groups is 2. The van der Waals surface area contributed by atoms with Crippen molar-refractivity contribution >= 4 is 11.8 Å². The number of rotatable bonds is 2. The third-order valence-electron chi connectivity index (χ3n) is 6.21. The molecule has 0 bridgehead atoms. The van der Waals surface area contributed by atoms with E-state index in [1.165, 1.54) is 0 Å². The molecule has 0 aromatic carbocycles. The molecule has 2 amide bonds. The summed E-state index contributed by atoms with van der Waals surface area (Å²) in [6.07, 6.45) is 9.42. The molecule has 2 aromatic heterocycles. The Morgan fingerprint density at radius 1 is 1.30 bits per heavy atom. The van der Waals surface area contributed by atoms with Crippen molar-refractivity contribution in [2.45, 2.75) is 58.4 Å². The van der Waals surface area contributed by atoms with Crippen LogP contribution in [0.5, 0.6) is 0 Å². The predicted octanol–water partition coefficient (Wildman–Crippen LogP) is 2.71. The first-order valence-corrected chi connectivity index (χ1v) is 9.53. The third-order valence-corrected chi connectivity index (χ3v) is 6.21. The van der Waals surface area contributed by atoms with E-state index in [4.69, 9.17) is 0 Å². The maximum atomic E-state index is 13.5.